The van der Waals surface area contributed by atoms with Crippen LogP contribution < -0.4 is 10.5 Å². The van der Waals surface area contributed by atoms with Crippen LogP contribution in [0.25, 0.3) is 0 Å². The van der Waals surface area contributed by atoms with E-state index in [1.165, 1.54) is 18.2 Å². The van der Waals surface area contributed by atoms with Crippen molar-refractivity contribution in [2.75, 3.05) is 6.54 Å². The Morgan fingerprint density at radius 3 is 2.63 bits per heavy atom. The lowest BCUT2D eigenvalue weighted by atomic mass is 10.1. The Hall–Kier alpha value is -0.980. The normalized spacial score (nSPS) is 16.9. The van der Waals surface area contributed by atoms with Gasteiger partial charge in [0.25, 0.3) is 0 Å². The van der Waals surface area contributed by atoms with E-state index >= 15 is 0 Å². The van der Waals surface area contributed by atoms with Gasteiger partial charge >= 0.3 is 0 Å². The maximum Gasteiger partial charge on any atom is 0.241 e. The topological polar surface area (TPSA) is 72.2 Å². The first-order chi connectivity index (χ1) is 9.04. The van der Waals surface area contributed by atoms with Crippen molar-refractivity contribution < 1.29 is 12.8 Å². The SMILES string of the molecule is NCc1c(F)cccc1S(=O)(=O)NCC1CCCC1. The van der Waals surface area contributed by atoms with E-state index < -0.39 is 15.8 Å². The number of benzene rings is 1. The molecule has 1 aliphatic rings. The number of halogens is 1. The molecule has 1 aromatic rings. The molecular formula is C13H19FN2O2S. The Labute approximate surface area is 113 Å². The summed E-state index contributed by atoms with van der Waals surface area (Å²) < 4.78 is 40.5. The quantitative estimate of drug-likeness (QED) is 0.866. The van der Waals surface area contributed by atoms with Gasteiger partial charge in [0.1, 0.15) is 5.82 Å². The maximum absolute atomic E-state index is 13.5. The van der Waals surface area contributed by atoms with Crippen molar-refractivity contribution in [2.45, 2.75) is 37.1 Å². The van der Waals surface area contributed by atoms with Crippen molar-refractivity contribution in [3.8, 4) is 0 Å². The molecule has 0 aliphatic heterocycles. The zero-order valence-electron chi connectivity index (χ0n) is 10.7. The molecule has 0 amide bonds. The fraction of sp³-hybridized carbons (Fsp3) is 0.538. The standard InChI is InChI=1S/C13H19FN2O2S/c14-12-6-3-7-13(11(12)8-15)19(17,18)16-9-10-4-1-2-5-10/h3,6-7,10,16H,1-2,4-5,8-9,15H2. The molecule has 1 fully saturated rings. The number of sulfonamides is 1. The van der Waals surface area contributed by atoms with Crippen LogP contribution in [-0.4, -0.2) is 15.0 Å². The first kappa shape index (κ1) is 14.4. The highest BCUT2D eigenvalue weighted by atomic mass is 32.2. The van der Waals surface area contributed by atoms with E-state index in [1.54, 1.807) is 0 Å². The number of rotatable bonds is 5. The number of nitrogens with two attached hydrogens (primary N) is 1. The minimum atomic E-state index is -3.68. The lowest BCUT2D eigenvalue weighted by Gasteiger charge is -2.13. The summed E-state index contributed by atoms with van der Waals surface area (Å²) >= 11 is 0. The van der Waals surface area contributed by atoms with Gasteiger partial charge in [0, 0.05) is 18.7 Å². The van der Waals surface area contributed by atoms with Gasteiger partial charge in [-0.15, -0.1) is 0 Å². The largest absolute Gasteiger partial charge is 0.326 e. The average Bonchev–Trinajstić information content (AvgIpc) is 2.89. The second kappa shape index (κ2) is 5.98. The number of hydrogen-bond donors (Lipinski definition) is 2. The van der Waals surface area contributed by atoms with Crippen molar-refractivity contribution in [3.63, 3.8) is 0 Å². The van der Waals surface area contributed by atoms with Crippen LogP contribution in [-0.2, 0) is 16.6 Å². The van der Waals surface area contributed by atoms with Crippen LogP contribution in [0.3, 0.4) is 0 Å². The molecule has 0 radical (unpaired) electrons. The minimum absolute atomic E-state index is 0.0430. The van der Waals surface area contributed by atoms with E-state index in [4.69, 9.17) is 5.73 Å². The molecule has 0 spiro atoms. The van der Waals surface area contributed by atoms with Gasteiger partial charge < -0.3 is 5.73 Å². The van der Waals surface area contributed by atoms with Crippen LogP contribution in [0.15, 0.2) is 23.1 Å². The fourth-order valence-corrected chi connectivity index (χ4v) is 3.88. The van der Waals surface area contributed by atoms with E-state index in [1.807, 2.05) is 0 Å². The molecule has 3 N–H and O–H groups in total. The summed E-state index contributed by atoms with van der Waals surface area (Å²) in [4.78, 5) is -0.0482. The summed E-state index contributed by atoms with van der Waals surface area (Å²) in [6.07, 6.45) is 4.41. The molecule has 106 valence electrons. The zero-order valence-corrected chi connectivity index (χ0v) is 11.5. The lowest BCUT2D eigenvalue weighted by molar-refractivity contribution is 0.518. The molecular weight excluding hydrogens is 267 g/mol. The van der Waals surface area contributed by atoms with Gasteiger partial charge in [0.05, 0.1) is 4.90 Å². The van der Waals surface area contributed by atoms with Gasteiger partial charge in [-0.1, -0.05) is 18.9 Å². The van der Waals surface area contributed by atoms with Gasteiger partial charge in [0.15, 0.2) is 0 Å². The second-order valence-corrected chi connectivity index (χ2v) is 6.66. The summed E-state index contributed by atoms with van der Waals surface area (Å²) in [6.45, 7) is 0.287. The third-order valence-corrected chi connectivity index (χ3v) is 5.11. The van der Waals surface area contributed by atoms with Crippen LogP contribution >= 0.6 is 0 Å². The zero-order chi connectivity index (χ0) is 13.9. The Kier molecular flexibility index (Phi) is 4.54. The molecule has 0 bridgehead atoms. The third-order valence-electron chi connectivity index (χ3n) is 3.61. The Morgan fingerprint density at radius 1 is 1.32 bits per heavy atom. The Morgan fingerprint density at radius 2 is 2.00 bits per heavy atom. The van der Waals surface area contributed by atoms with Gasteiger partial charge in [-0.25, -0.2) is 17.5 Å². The summed E-state index contributed by atoms with van der Waals surface area (Å²) in [5.74, 6) is -0.184. The molecule has 0 heterocycles. The van der Waals surface area contributed by atoms with Crippen molar-refractivity contribution in [3.05, 3.63) is 29.6 Å². The molecule has 19 heavy (non-hydrogen) atoms. The highest BCUT2D eigenvalue weighted by Crippen LogP contribution is 2.25. The van der Waals surface area contributed by atoms with E-state index in [0.717, 1.165) is 25.7 Å². The van der Waals surface area contributed by atoms with E-state index in [2.05, 4.69) is 4.72 Å². The van der Waals surface area contributed by atoms with Crippen molar-refractivity contribution in [2.24, 2.45) is 11.7 Å². The summed E-state index contributed by atoms with van der Waals surface area (Å²) in [7, 11) is -3.68. The van der Waals surface area contributed by atoms with E-state index in [0.29, 0.717) is 12.5 Å². The van der Waals surface area contributed by atoms with Gasteiger partial charge in [-0.2, -0.15) is 0 Å². The van der Waals surface area contributed by atoms with Crippen LogP contribution in [0.2, 0.25) is 0 Å². The van der Waals surface area contributed by atoms with Crippen molar-refractivity contribution >= 4 is 10.0 Å². The smallest absolute Gasteiger partial charge is 0.241 e. The predicted octanol–water partition coefficient (Wildman–Crippen LogP) is 1.75. The van der Waals surface area contributed by atoms with Crippen LogP contribution in [0.4, 0.5) is 4.39 Å². The fourth-order valence-electron chi connectivity index (χ4n) is 2.51. The molecule has 6 heteroatoms. The number of nitrogens with one attached hydrogen (secondary N) is 1. The molecule has 1 aromatic carbocycles. The van der Waals surface area contributed by atoms with E-state index in [-0.39, 0.29) is 17.0 Å². The Bertz CT molecular complexity index is 540. The molecule has 0 saturated heterocycles. The second-order valence-electron chi connectivity index (χ2n) is 4.92. The molecule has 0 unspecified atom stereocenters. The van der Waals surface area contributed by atoms with E-state index in [9.17, 15) is 12.8 Å². The van der Waals surface area contributed by atoms with Crippen LogP contribution in [0.1, 0.15) is 31.2 Å². The summed E-state index contributed by atoms with van der Waals surface area (Å²) in [5, 5.41) is 0. The van der Waals surface area contributed by atoms with Gasteiger partial charge in [0.2, 0.25) is 10.0 Å². The highest BCUT2D eigenvalue weighted by Gasteiger charge is 2.22. The minimum Gasteiger partial charge on any atom is -0.326 e. The Balaban J connectivity index is 2.16. The molecule has 4 nitrogen and oxygen atoms in total. The highest BCUT2D eigenvalue weighted by molar-refractivity contribution is 7.89. The van der Waals surface area contributed by atoms with Crippen LogP contribution in [0.5, 0.6) is 0 Å². The third kappa shape index (κ3) is 3.32. The molecule has 0 atom stereocenters. The lowest BCUT2D eigenvalue weighted by Crippen LogP contribution is -2.29. The van der Waals surface area contributed by atoms with Gasteiger partial charge in [-0.05, 0) is 30.9 Å². The average molecular weight is 286 g/mol. The molecule has 1 saturated carbocycles. The molecule has 0 aromatic heterocycles. The van der Waals surface area contributed by atoms with Crippen LogP contribution in [0, 0.1) is 11.7 Å². The first-order valence-corrected chi connectivity index (χ1v) is 8.00. The monoisotopic (exact) mass is 286 g/mol. The van der Waals surface area contributed by atoms with Crippen molar-refractivity contribution in [1.29, 1.82) is 0 Å². The van der Waals surface area contributed by atoms with Crippen molar-refractivity contribution in [1.82, 2.24) is 4.72 Å². The number of hydrogen-bond acceptors (Lipinski definition) is 3. The van der Waals surface area contributed by atoms with Gasteiger partial charge in [-0.3, -0.25) is 0 Å². The molecule has 2 rings (SSSR count). The summed E-state index contributed by atoms with van der Waals surface area (Å²) in [6, 6.07) is 4.00. The predicted molar refractivity (Wildman–Crippen MR) is 71.4 cm³/mol. The maximum atomic E-state index is 13.5. The first-order valence-electron chi connectivity index (χ1n) is 6.51. The summed E-state index contributed by atoms with van der Waals surface area (Å²) in [5.41, 5.74) is 5.48. The molecule has 1 aliphatic carbocycles.